The first-order chi connectivity index (χ1) is 11.0. The summed E-state index contributed by atoms with van der Waals surface area (Å²) >= 11 is 1.29. The highest BCUT2D eigenvalue weighted by molar-refractivity contribution is 7.12. The molecule has 23 heavy (non-hydrogen) atoms. The van der Waals surface area contributed by atoms with Crippen LogP contribution in [0, 0.1) is 5.92 Å². The van der Waals surface area contributed by atoms with Gasteiger partial charge in [-0.25, -0.2) is 4.79 Å². The number of hydrogen-bond acceptors (Lipinski definition) is 5. The van der Waals surface area contributed by atoms with Crippen molar-refractivity contribution in [3.8, 4) is 0 Å². The lowest BCUT2D eigenvalue weighted by Gasteiger charge is -2.28. The minimum absolute atomic E-state index is 0.186. The normalized spacial score (nSPS) is 18.9. The van der Waals surface area contributed by atoms with Crippen molar-refractivity contribution < 1.29 is 24.2 Å². The molecule has 1 saturated heterocycles. The Morgan fingerprint density at radius 1 is 1.52 bits per heavy atom. The second-order valence-electron chi connectivity index (χ2n) is 5.50. The van der Waals surface area contributed by atoms with Gasteiger partial charge in [0.05, 0.1) is 18.0 Å². The molecule has 126 valence electrons. The third-order valence-electron chi connectivity index (χ3n) is 3.71. The Kier molecular flexibility index (Phi) is 6.12. The van der Waals surface area contributed by atoms with Crippen LogP contribution >= 0.6 is 11.3 Å². The Labute approximate surface area is 138 Å². The van der Waals surface area contributed by atoms with Crippen molar-refractivity contribution in [3.63, 3.8) is 0 Å². The molecule has 2 amide bonds. The van der Waals surface area contributed by atoms with E-state index in [1.807, 2.05) is 0 Å². The molecular formula is C15H20N2O5S. The molecule has 1 aromatic rings. The van der Waals surface area contributed by atoms with Gasteiger partial charge in [0.15, 0.2) is 0 Å². The number of hydrogen-bond donors (Lipinski definition) is 2. The number of amides is 2. The highest BCUT2D eigenvalue weighted by atomic mass is 32.1. The molecule has 0 radical (unpaired) electrons. The summed E-state index contributed by atoms with van der Waals surface area (Å²) in [5.74, 6) is -2.08. The summed E-state index contributed by atoms with van der Waals surface area (Å²) in [5, 5.41) is 13.6. The second-order valence-corrected chi connectivity index (χ2v) is 6.45. The van der Waals surface area contributed by atoms with Crippen LogP contribution in [-0.2, 0) is 14.3 Å². The summed E-state index contributed by atoms with van der Waals surface area (Å²) < 4.78 is 5.29. The number of likely N-dealkylation sites (N-methyl/N-ethyl adjacent to an activating group) is 1. The zero-order valence-corrected chi connectivity index (χ0v) is 13.7. The zero-order chi connectivity index (χ0) is 16.8. The van der Waals surface area contributed by atoms with Gasteiger partial charge in [0.25, 0.3) is 5.91 Å². The number of nitrogens with one attached hydrogen (secondary N) is 1. The number of carbonyl (C=O) groups excluding carboxylic acids is 2. The third kappa shape index (κ3) is 4.77. The van der Waals surface area contributed by atoms with Gasteiger partial charge in [0.1, 0.15) is 6.04 Å². The minimum Gasteiger partial charge on any atom is -0.480 e. The first-order valence-electron chi connectivity index (χ1n) is 7.38. The first-order valence-corrected chi connectivity index (χ1v) is 8.26. The van der Waals surface area contributed by atoms with Crippen molar-refractivity contribution in [1.29, 1.82) is 0 Å². The van der Waals surface area contributed by atoms with Crippen molar-refractivity contribution in [1.82, 2.24) is 10.2 Å². The SMILES string of the molecule is CN(CC(=O)NC(C(=O)O)C1CCCOC1)C(=O)c1cccs1. The average molecular weight is 340 g/mol. The number of carbonyl (C=O) groups is 3. The Balaban J connectivity index is 1.91. The van der Waals surface area contributed by atoms with Gasteiger partial charge in [-0.15, -0.1) is 11.3 Å². The van der Waals surface area contributed by atoms with Gasteiger partial charge in [-0.2, -0.15) is 0 Å². The van der Waals surface area contributed by atoms with E-state index in [-0.39, 0.29) is 18.4 Å². The van der Waals surface area contributed by atoms with E-state index >= 15 is 0 Å². The molecule has 0 spiro atoms. The van der Waals surface area contributed by atoms with E-state index in [4.69, 9.17) is 4.74 Å². The molecule has 0 saturated carbocycles. The van der Waals surface area contributed by atoms with E-state index in [1.165, 1.54) is 23.3 Å². The van der Waals surface area contributed by atoms with Gasteiger partial charge in [-0.05, 0) is 24.3 Å². The van der Waals surface area contributed by atoms with Crippen LogP contribution in [0.25, 0.3) is 0 Å². The van der Waals surface area contributed by atoms with Crippen molar-refractivity contribution in [3.05, 3.63) is 22.4 Å². The van der Waals surface area contributed by atoms with Crippen LogP contribution in [0.3, 0.4) is 0 Å². The summed E-state index contributed by atoms with van der Waals surface area (Å²) in [7, 11) is 1.52. The van der Waals surface area contributed by atoms with Gasteiger partial charge < -0.3 is 20.1 Å². The maximum absolute atomic E-state index is 12.1. The molecule has 8 heteroatoms. The molecule has 2 unspecified atom stereocenters. The molecule has 1 aromatic heterocycles. The molecule has 7 nitrogen and oxygen atoms in total. The highest BCUT2D eigenvalue weighted by Crippen LogP contribution is 2.18. The Morgan fingerprint density at radius 2 is 2.30 bits per heavy atom. The number of aliphatic carboxylic acids is 1. The quantitative estimate of drug-likeness (QED) is 0.799. The predicted octanol–water partition coefficient (Wildman–Crippen LogP) is 0.816. The molecule has 0 aliphatic carbocycles. The molecule has 2 heterocycles. The van der Waals surface area contributed by atoms with Gasteiger partial charge in [-0.1, -0.05) is 6.07 Å². The van der Waals surface area contributed by atoms with E-state index in [0.717, 1.165) is 6.42 Å². The fourth-order valence-electron chi connectivity index (χ4n) is 2.50. The first kappa shape index (κ1) is 17.4. The molecular weight excluding hydrogens is 320 g/mol. The lowest BCUT2D eigenvalue weighted by molar-refractivity contribution is -0.145. The van der Waals surface area contributed by atoms with Crippen LogP contribution in [0.1, 0.15) is 22.5 Å². The highest BCUT2D eigenvalue weighted by Gasteiger charge is 2.31. The molecule has 2 N–H and O–H groups in total. The van der Waals surface area contributed by atoms with E-state index < -0.39 is 17.9 Å². The maximum Gasteiger partial charge on any atom is 0.326 e. The van der Waals surface area contributed by atoms with E-state index in [2.05, 4.69) is 5.32 Å². The second kappa shape index (κ2) is 8.07. The lowest BCUT2D eigenvalue weighted by atomic mass is 9.93. The number of thiophene rings is 1. The van der Waals surface area contributed by atoms with Crippen LogP contribution in [0.15, 0.2) is 17.5 Å². The van der Waals surface area contributed by atoms with Gasteiger partial charge in [-0.3, -0.25) is 9.59 Å². The Bertz CT molecular complexity index is 554. The van der Waals surface area contributed by atoms with Gasteiger partial charge in [0.2, 0.25) is 5.91 Å². The number of carboxylic acid groups (broad SMARTS) is 1. The van der Waals surface area contributed by atoms with Crippen molar-refractivity contribution >= 4 is 29.1 Å². The third-order valence-corrected chi connectivity index (χ3v) is 4.57. The summed E-state index contributed by atoms with van der Waals surface area (Å²) in [6.45, 7) is 0.754. The van der Waals surface area contributed by atoms with E-state index in [1.54, 1.807) is 17.5 Å². The summed E-state index contributed by atoms with van der Waals surface area (Å²) in [5.41, 5.74) is 0. The molecule has 0 bridgehead atoms. The van der Waals surface area contributed by atoms with Crippen molar-refractivity contribution in [2.24, 2.45) is 5.92 Å². The summed E-state index contributed by atoms with van der Waals surface area (Å²) in [6.07, 6.45) is 1.47. The molecule has 1 aliphatic heterocycles. The van der Waals surface area contributed by atoms with Gasteiger partial charge >= 0.3 is 5.97 Å². The number of carboxylic acids is 1. The molecule has 1 fully saturated rings. The molecule has 2 atom stereocenters. The van der Waals surface area contributed by atoms with Crippen molar-refractivity contribution in [2.75, 3.05) is 26.8 Å². The smallest absolute Gasteiger partial charge is 0.326 e. The van der Waals surface area contributed by atoms with Crippen LogP contribution in [0.4, 0.5) is 0 Å². The molecule has 1 aliphatic rings. The summed E-state index contributed by atoms with van der Waals surface area (Å²) in [6, 6.07) is 2.45. The minimum atomic E-state index is -1.08. The molecule has 2 rings (SSSR count). The Morgan fingerprint density at radius 3 is 2.87 bits per heavy atom. The zero-order valence-electron chi connectivity index (χ0n) is 12.9. The topological polar surface area (TPSA) is 95.9 Å². The number of rotatable bonds is 6. The van der Waals surface area contributed by atoms with Crippen LogP contribution in [0.5, 0.6) is 0 Å². The standard InChI is InChI=1S/C15H20N2O5S/c1-17(14(19)11-5-3-7-23-11)8-12(18)16-13(15(20)21)10-4-2-6-22-9-10/h3,5,7,10,13H,2,4,6,8-9H2,1H3,(H,16,18)(H,20,21). The van der Waals surface area contributed by atoms with Crippen LogP contribution < -0.4 is 5.32 Å². The monoisotopic (exact) mass is 340 g/mol. The van der Waals surface area contributed by atoms with Gasteiger partial charge in [0, 0.05) is 19.6 Å². The fourth-order valence-corrected chi connectivity index (χ4v) is 3.22. The van der Waals surface area contributed by atoms with Crippen LogP contribution in [0.2, 0.25) is 0 Å². The summed E-state index contributed by atoms with van der Waals surface area (Å²) in [4.78, 5) is 37.4. The van der Waals surface area contributed by atoms with Crippen molar-refractivity contribution in [2.45, 2.75) is 18.9 Å². The van der Waals surface area contributed by atoms with E-state index in [0.29, 0.717) is 24.5 Å². The van der Waals surface area contributed by atoms with E-state index in [9.17, 15) is 19.5 Å². The van der Waals surface area contributed by atoms with Crippen LogP contribution in [-0.4, -0.2) is 60.6 Å². The maximum atomic E-state index is 12.1. The number of ether oxygens (including phenoxy) is 1. The average Bonchev–Trinajstić information content (AvgIpc) is 3.06. The molecule has 0 aromatic carbocycles. The largest absolute Gasteiger partial charge is 0.480 e. The fraction of sp³-hybridized carbons (Fsp3) is 0.533. The lowest BCUT2D eigenvalue weighted by Crippen LogP contribution is -2.51. The predicted molar refractivity (Wildman–Crippen MR) is 84.4 cm³/mol. The Hall–Kier alpha value is -1.93. The number of nitrogens with zero attached hydrogens (tertiary/aromatic N) is 1.